The number of rotatable bonds is 3. The van der Waals surface area contributed by atoms with Crippen LogP contribution in [0.15, 0.2) is 35.4 Å². The van der Waals surface area contributed by atoms with Crippen molar-refractivity contribution in [3.05, 3.63) is 35.3 Å². The van der Waals surface area contributed by atoms with Gasteiger partial charge in [-0.15, -0.1) is 11.3 Å². The minimum Gasteiger partial charge on any atom is -0.398 e. The summed E-state index contributed by atoms with van der Waals surface area (Å²) in [5.74, 6) is 0. The molecule has 0 spiro atoms. The van der Waals surface area contributed by atoms with Crippen molar-refractivity contribution in [1.29, 1.82) is 0 Å². The van der Waals surface area contributed by atoms with E-state index in [9.17, 15) is 8.42 Å². The van der Waals surface area contributed by atoms with E-state index in [2.05, 4.69) is 9.71 Å². The van der Waals surface area contributed by atoms with E-state index in [1.807, 2.05) is 6.92 Å². The number of nitrogens with two attached hydrogens (primary N) is 1. The summed E-state index contributed by atoms with van der Waals surface area (Å²) in [6.45, 7) is 1.85. The Bertz CT molecular complexity index is 635. The van der Waals surface area contributed by atoms with Gasteiger partial charge in [-0.05, 0) is 19.1 Å². The largest absolute Gasteiger partial charge is 0.398 e. The predicted octanol–water partition coefficient (Wildman–Crippen LogP) is 1.83. The fraction of sp³-hybridized carbons (Fsp3) is 0.100. The first kappa shape index (κ1) is 11.9. The van der Waals surface area contributed by atoms with Gasteiger partial charge in [-0.25, -0.2) is 13.4 Å². The molecule has 1 aromatic carbocycles. The van der Waals surface area contributed by atoms with E-state index in [1.165, 1.54) is 17.4 Å². The number of nitrogens with zero attached hydrogens (tertiary/aromatic N) is 1. The summed E-state index contributed by atoms with van der Waals surface area (Å²) >= 11 is 1.27. The minimum absolute atomic E-state index is 0.0628. The lowest BCUT2D eigenvalue weighted by Crippen LogP contribution is -2.14. The van der Waals surface area contributed by atoms with E-state index in [0.717, 1.165) is 4.88 Å². The Kier molecular flexibility index (Phi) is 3.03. The molecular weight excluding hydrogens is 258 g/mol. The van der Waals surface area contributed by atoms with Crippen LogP contribution in [0.2, 0.25) is 0 Å². The smallest absolute Gasteiger partial charge is 0.265 e. The second-order valence-corrected chi connectivity index (χ2v) is 6.30. The summed E-state index contributed by atoms with van der Waals surface area (Å²) in [6.07, 6.45) is 1.61. The highest BCUT2D eigenvalue weighted by Gasteiger charge is 2.18. The van der Waals surface area contributed by atoms with Crippen molar-refractivity contribution in [3.8, 4) is 0 Å². The van der Waals surface area contributed by atoms with Crippen LogP contribution in [0, 0.1) is 6.92 Å². The van der Waals surface area contributed by atoms with E-state index >= 15 is 0 Å². The number of nitrogen functional groups attached to an aromatic ring is 1. The minimum atomic E-state index is -3.66. The maximum absolute atomic E-state index is 12.0. The second-order valence-electron chi connectivity index (χ2n) is 3.42. The monoisotopic (exact) mass is 269 g/mol. The Hall–Kier alpha value is -1.60. The highest BCUT2D eigenvalue weighted by atomic mass is 32.2. The van der Waals surface area contributed by atoms with Crippen LogP contribution in [-0.4, -0.2) is 13.4 Å². The van der Waals surface area contributed by atoms with E-state index in [-0.39, 0.29) is 10.6 Å². The molecule has 2 rings (SSSR count). The van der Waals surface area contributed by atoms with Crippen LogP contribution in [0.1, 0.15) is 4.88 Å². The van der Waals surface area contributed by atoms with Crippen molar-refractivity contribution in [2.75, 3.05) is 10.5 Å². The lowest BCUT2D eigenvalue weighted by molar-refractivity contribution is 0.601. The molecule has 0 aliphatic heterocycles. The van der Waals surface area contributed by atoms with Crippen LogP contribution in [0.3, 0.4) is 0 Å². The molecule has 90 valence electrons. The fourth-order valence-electron chi connectivity index (χ4n) is 1.30. The Morgan fingerprint density at radius 2 is 2.06 bits per heavy atom. The molecule has 0 aliphatic rings. The van der Waals surface area contributed by atoms with Gasteiger partial charge >= 0.3 is 0 Å². The van der Waals surface area contributed by atoms with Crippen molar-refractivity contribution >= 4 is 32.2 Å². The molecule has 0 radical (unpaired) electrons. The zero-order valence-corrected chi connectivity index (χ0v) is 10.7. The standard InChI is InChI=1S/C10H11N3O2S2/c1-7-6-12-10(16-7)13-17(14,15)9-5-3-2-4-8(9)11/h2-6H,11H2,1H3,(H,12,13). The van der Waals surface area contributed by atoms with Crippen molar-refractivity contribution in [1.82, 2.24) is 4.98 Å². The Balaban J connectivity index is 2.35. The summed E-state index contributed by atoms with van der Waals surface area (Å²) in [5.41, 5.74) is 5.85. The molecule has 0 atom stereocenters. The molecule has 0 saturated heterocycles. The fourth-order valence-corrected chi connectivity index (χ4v) is 3.34. The van der Waals surface area contributed by atoms with E-state index in [1.54, 1.807) is 24.4 Å². The first-order chi connectivity index (χ1) is 7.99. The molecule has 0 fully saturated rings. The third-order valence-electron chi connectivity index (χ3n) is 2.05. The first-order valence-corrected chi connectivity index (χ1v) is 7.09. The van der Waals surface area contributed by atoms with Crippen LogP contribution in [0.25, 0.3) is 0 Å². The lowest BCUT2D eigenvalue weighted by atomic mass is 10.3. The molecule has 0 amide bonds. The van der Waals surface area contributed by atoms with Crippen molar-refractivity contribution in [3.63, 3.8) is 0 Å². The number of para-hydroxylation sites is 1. The van der Waals surface area contributed by atoms with Crippen LogP contribution in [0.5, 0.6) is 0 Å². The average molecular weight is 269 g/mol. The number of nitrogens with one attached hydrogen (secondary N) is 1. The maximum atomic E-state index is 12.0. The van der Waals surface area contributed by atoms with Crippen LogP contribution < -0.4 is 10.5 Å². The maximum Gasteiger partial charge on any atom is 0.265 e. The number of thiazole rings is 1. The van der Waals surface area contributed by atoms with Gasteiger partial charge in [0, 0.05) is 11.1 Å². The highest BCUT2D eigenvalue weighted by Crippen LogP contribution is 2.23. The van der Waals surface area contributed by atoms with Crippen LogP contribution in [0.4, 0.5) is 10.8 Å². The first-order valence-electron chi connectivity index (χ1n) is 4.79. The summed E-state index contributed by atoms with van der Waals surface area (Å²) < 4.78 is 26.4. The number of anilines is 2. The van der Waals surface area contributed by atoms with Gasteiger partial charge < -0.3 is 5.73 Å². The lowest BCUT2D eigenvalue weighted by Gasteiger charge is -2.07. The predicted molar refractivity (Wildman–Crippen MR) is 68.5 cm³/mol. The molecule has 17 heavy (non-hydrogen) atoms. The summed E-state index contributed by atoms with van der Waals surface area (Å²) in [4.78, 5) is 4.94. The molecule has 5 nitrogen and oxygen atoms in total. The van der Waals surface area contributed by atoms with Crippen LogP contribution in [-0.2, 0) is 10.0 Å². The Morgan fingerprint density at radius 1 is 1.35 bits per heavy atom. The Morgan fingerprint density at radius 3 is 2.65 bits per heavy atom. The van der Waals surface area contributed by atoms with E-state index in [0.29, 0.717) is 5.13 Å². The van der Waals surface area contributed by atoms with Gasteiger partial charge in [-0.3, -0.25) is 4.72 Å². The van der Waals surface area contributed by atoms with Gasteiger partial charge in [-0.2, -0.15) is 0 Å². The molecule has 0 saturated carbocycles. The topological polar surface area (TPSA) is 85.1 Å². The molecule has 1 aromatic heterocycles. The zero-order chi connectivity index (χ0) is 12.5. The number of benzene rings is 1. The molecule has 0 unspecified atom stereocenters. The van der Waals surface area contributed by atoms with Gasteiger partial charge in [0.05, 0.1) is 5.69 Å². The van der Waals surface area contributed by atoms with Gasteiger partial charge in [0.15, 0.2) is 5.13 Å². The highest BCUT2D eigenvalue weighted by molar-refractivity contribution is 7.93. The van der Waals surface area contributed by atoms with E-state index in [4.69, 9.17) is 5.73 Å². The van der Waals surface area contributed by atoms with Crippen LogP contribution >= 0.6 is 11.3 Å². The number of hydrogen-bond donors (Lipinski definition) is 2. The average Bonchev–Trinajstić information content (AvgIpc) is 2.63. The second kappa shape index (κ2) is 4.34. The number of hydrogen-bond acceptors (Lipinski definition) is 5. The van der Waals surface area contributed by atoms with Gasteiger partial charge in [-0.1, -0.05) is 12.1 Å². The number of sulfonamides is 1. The molecule has 0 bridgehead atoms. The zero-order valence-electron chi connectivity index (χ0n) is 9.04. The third kappa shape index (κ3) is 2.56. The van der Waals surface area contributed by atoms with Crippen molar-refractivity contribution < 1.29 is 8.42 Å². The van der Waals surface area contributed by atoms with Gasteiger partial charge in [0.1, 0.15) is 4.90 Å². The number of aryl methyl sites for hydroxylation is 1. The van der Waals surface area contributed by atoms with Gasteiger partial charge in [0.25, 0.3) is 10.0 Å². The molecule has 1 heterocycles. The summed E-state index contributed by atoms with van der Waals surface area (Å²) in [6, 6.07) is 6.31. The van der Waals surface area contributed by atoms with Crippen molar-refractivity contribution in [2.45, 2.75) is 11.8 Å². The van der Waals surface area contributed by atoms with Gasteiger partial charge in [0.2, 0.25) is 0 Å². The van der Waals surface area contributed by atoms with Crippen molar-refractivity contribution in [2.24, 2.45) is 0 Å². The third-order valence-corrected chi connectivity index (χ3v) is 4.42. The SMILES string of the molecule is Cc1cnc(NS(=O)(=O)c2ccccc2N)s1. The normalized spacial score (nSPS) is 11.4. The number of aromatic nitrogens is 1. The molecule has 2 aromatic rings. The van der Waals surface area contributed by atoms with E-state index < -0.39 is 10.0 Å². The molecule has 3 N–H and O–H groups in total. The summed E-state index contributed by atoms with van der Waals surface area (Å²) in [5, 5.41) is 0.339. The molecule has 0 aliphatic carbocycles. The molecular formula is C10H11N3O2S2. The molecule has 7 heteroatoms. The summed E-state index contributed by atoms with van der Waals surface area (Å²) in [7, 11) is -3.66. The quantitative estimate of drug-likeness (QED) is 0.832. The Labute approximate surface area is 103 Å².